The molecular weight excluding hydrogens is 1150 g/mol. The summed E-state index contributed by atoms with van der Waals surface area (Å²) < 4.78 is 68.0. The van der Waals surface area contributed by atoms with E-state index in [0.29, 0.717) is 25.7 Å². The fourth-order valence-electron chi connectivity index (χ4n) is 10.2. The fourth-order valence-corrected chi connectivity index (χ4v) is 11.8. The van der Waals surface area contributed by atoms with Crippen LogP contribution < -0.4 is 0 Å². The predicted molar refractivity (Wildman–Crippen MR) is 349 cm³/mol. The highest BCUT2D eigenvalue weighted by Crippen LogP contribution is 2.45. The fraction of sp³-hybridized carbons (Fsp3) is 0.941. The number of unbranched alkanes of at least 4 members (excludes halogenated alkanes) is 35. The molecule has 7 atom stereocenters. The van der Waals surface area contributed by atoms with Gasteiger partial charge in [-0.3, -0.25) is 37.3 Å². The van der Waals surface area contributed by atoms with E-state index >= 15 is 0 Å². The van der Waals surface area contributed by atoms with Crippen LogP contribution in [0.1, 0.15) is 343 Å². The van der Waals surface area contributed by atoms with E-state index in [1.54, 1.807) is 0 Å². The lowest BCUT2D eigenvalue weighted by Crippen LogP contribution is -2.30. The van der Waals surface area contributed by atoms with Crippen LogP contribution in [0, 0.1) is 11.8 Å². The van der Waals surface area contributed by atoms with E-state index in [0.717, 1.165) is 108 Å². The zero-order valence-corrected chi connectivity index (χ0v) is 58.1. The molecule has 0 aromatic carbocycles. The maximum Gasteiger partial charge on any atom is 0.472 e. The maximum absolute atomic E-state index is 13.0. The number of esters is 4. The number of ether oxygens (including phenoxy) is 4. The third-order valence-corrected chi connectivity index (χ3v) is 18.3. The molecule has 0 fully saturated rings. The number of rotatable bonds is 67. The van der Waals surface area contributed by atoms with Crippen molar-refractivity contribution in [2.75, 3.05) is 39.6 Å². The Morgan fingerprint density at radius 2 is 0.552 bits per heavy atom. The summed E-state index contributed by atoms with van der Waals surface area (Å²) >= 11 is 0. The first-order valence-electron chi connectivity index (χ1n) is 35.6. The molecule has 0 aliphatic heterocycles. The van der Waals surface area contributed by atoms with E-state index in [4.69, 9.17) is 37.0 Å². The summed E-state index contributed by atoms with van der Waals surface area (Å²) in [6.45, 7) is 9.45. The van der Waals surface area contributed by atoms with Gasteiger partial charge < -0.3 is 33.8 Å². The van der Waals surface area contributed by atoms with Crippen molar-refractivity contribution >= 4 is 39.5 Å². The number of phosphoric ester groups is 2. The Bertz CT molecular complexity index is 1700. The molecule has 0 aromatic heterocycles. The van der Waals surface area contributed by atoms with Gasteiger partial charge in [0.2, 0.25) is 0 Å². The first kappa shape index (κ1) is 85.1. The van der Waals surface area contributed by atoms with Gasteiger partial charge in [0.1, 0.15) is 19.3 Å². The van der Waals surface area contributed by atoms with Crippen LogP contribution in [-0.4, -0.2) is 96.7 Å². The van der Waals surface area contributed by atoms with Crippen LogP contribution in [-0.2, 0) is 65.4 Å². The minimum Gasteiger partial charge on any atom is -0.462 e. The number of phosphoric acid groups is 2. The van der Waals surface area contributed by atoms with Crippen molar-refractivity contribution in [2.45, 2.75) is 362 Å². The van der Waals surface area contributed by atoms with Crippen LogP contribution in [0.2, 0.25) is 0 Å². The van der Waals surface area contributed by atoms with Gasteiger partial charge in [-0.2, -0.15) is 0 Å². The molecule has 0 aromatic rings. The van der Waals surface area contributed by atoms with Crippen LogP contribution in [0.5, 0.6) is 0 Å². The normalized spacial score (nSPS) is 14.8. The standard InChI is InChI=1S/C68H132O17P2/c1-7-11-13-15-16-17-18-19-23-26-29-32-39-45-51-66(71)79-57-64(84-67(72)52-46-40-33-30-27-24-21-20-22-25-28-31-37-42-48-60(5)9-3)59-83-87(76,77)81-55-62(69)54-80-86(74,75)82-58-63(56-78-65(70)50-44-36-14-12-8-2)85-68(73)53-47-41-35-34-38-43-49-61(6)10-4/h60-64,69H,7-59H2,1-6H3,(H,74,75)(H,76,77)/t60?,61?,62-,63+,64+/m0/s1. The summed E-state index contributed by atoms with van der Waals surface area (Å²) in [5.74, 6) is -0.573. The zero-order valence-electron chi connectivity index (χ0n) is 56.3. The summed E-state index contributed by atoms with van der Waals surface area (Å²) in [7, 11) is -9.89. The molecule has 4 unspecified atom stereocenters. The lowest BCUT2D eigenvalue weighted by molar-refractivity contribution is -0.161. The minimum atomic E-state index is -4.95. The predicted octanol–water partition coefficient (Wildman–Crippen LogP) is 19.2. The average molecular weight is 1280 g/mol. The highest BCUT2D eigenvalue weighted by Gasteiger charge is 2.30. The van der Waals surface area contributed by atoms with Gasteiger partial charge in [-0.05, 0) is 37.5 Å². The monoisotopic (exact) mass is 1280 g/mol. The molecule has 0 amide bonds. The largest absolute Gasteiger partial charge is 0.472 e. The molecule has 0 radical (unpaired) electrons. The van der Waals surface area contributed by atoms with Gasteiger partial charge in [0, 0.05) is 25.7 Å². The topological polar surface area (TPSA) is 237 Å². The first-order chi connectivity index (χ1) is 41.9. The Morgan fingerprint density at radius 3 is 0.816 bits per heavy atom. The summed E-state index contributed by atoms with van der Waals surface area (Å²) in [6, 6.07) is 0. The molecule has 0 heterocycles. The van der Waals surface area contributed by atoms with Gasteiger partial charge in [0.05, 0.1) is 26.4 Å². The van der Waals surface area contributed by atoms with E-state index in [1.165, 1.54) is 154 Å². The molecule has 516 valence electrons. The van der Waals surface area contributed by atoms with Crippen molar-refractivity contribution in [2.24, 2.45) is 11.8 Å². The Morgan fingerprint density at radius 1 is 0.322 bits per heavy atom. The Hall–Kier alpha value is -1.94. The average Bonchev–Trinajstić information content (AvgIpc) is 3.70. The molecule has 19 heteroatoms. The maximum atomic E-state index is 13.0. The van der Waals surface area contributed by atoms with Gasteiger partial charge in [0.15, 0.2) is 12.2 Å². The third kappa shape index (κ3) is 60.1. The third-order valence-electron chi connectivity index (χ3n) is 16.4. The first-order valence-corrected chi connectivity index (χ1v) is 38.6. The highest BCUT2D eigenvalue weighted by molar-refractivity contribution is 7.47. The molecule has 0 spiro atoms. The molecular formula is C68H132O17P2. The van der Waals surface area contributed by atoms with Crippen molar-refractivity contribution < 1.29 is 80.2 Å². The second-order valence-electron chi connectivity index (χ2n) is 25.0. The summed E-state index contributed by atoms with van der Waals surface area (Å²) in [6.07, 6.45) is 44.8. The number of hydrogen-bond donors (Lipinski definition) is 3. The van der Waals surface area contributed by atoms with Crippen molar-refractivity contribution in [3.05, 3.63) is 0 Å². The van der Waals surface area contributed by atoms with E-state index < -0.39 is 97.5 Å². The highest BCUT2D eigenvalue weighted by atomic mass is 31.2. The lowest BCUT2D eigenvalue weighted by Gasteiger charge is -2.21. The minimum absolute atomic E-state index is 0.102. The van der Waals surface area contributed by atoms with Gasteiger partial charge >= 0.3 is 39.5 Å². The molecule has 0 rings (SSSR count). The second-order valence-corrected chi connectivity index (χ2v) is 28.0. The second kappa shape index (κ2) is 60.3. The molecule has 0 bridgehead atoms. The van der Waals surface area contributed by atoms with E-state index in [1.807, 2.05) is 0 Å². The van der Waals surface area contributed by atoms with E-state index in [9.17, 15) is 43.2 Å². The number of aliphatic hydroxyl groups is 1. The SMILES string of the molecule is CCCCCCCCCCCCCCCCC(=O)OC[C@H](COP(=O)(O)OC[C@@H](O)COP(=O)(O)OC[C@@H](COC(=O)CCCCCCC)OC(=O)CCCCCCCCC(C)CC)OC(=O)CCCCCCCCCCCCCCCCC(C)CC. The summed E-state index contributed by atoms with van der Waals surface area (Å²) in [5.41, 5.74) is 0. The van der Waals surface area contributed by atoms with Crippen LogP contribution in [0.25, 0.3) is 0 Å². The van der Waals surface area contributed by atoms with E-state index in [-0.39, 0.29) is 25.7 Å². The van der Waals surface area contributed by atoms with Gasteiger partial charge in [-0.1, -0.05) is 292 Å². The van der Waals surface area contributed by atoms with Crippen molar-refractivity contribution in [1.29, 1.82) is 0 Å². The Labute approximate surface area is 530 Å². The van der Waals surface area contributed by atoms with Gasteiger partial charge in [0.25, 0.3) is 0 Å². The number of carbonyl (C=O) groups excluding carboxylic acids is 4. The van der Waals surface area contributed by atoms with Crippen LogP contribution in [0.3, 0.4) is 0 Å². The van der Waals surface area contributed by atoms with Gasteiger partial charge in [-0.15, -0.1) is 0 Å². The molecule has 0 saturated carbocycles. The van der Waals surface area contributed by atoms with Crippen molar-refractivity contribution in [1.82, 2.24) is 0 Å². The van der Waals surface area contributed by atoms with Crippen LogP contribution in [0.15, 0.2) is 0 Å². The summed E-state index contributed by atoms with van der Waals surface area (Å²) in [4.78, 5) is 72.2. The lowest BCUT2D eigenvalue weighted by atomic mass is 9.99. The number of hydrogen-bond acceptors (Lipinski definition) is 15. The van der Waals surface area contributed by atoms with E-state index in [2.05, 4.69) is 41.5 Å². The molecule has 87 heavy (non-hydrogen) atoms. The van der Waals surface area contributed by atoms with Gasteiger partial charge in [-0.25, -0.2) is 9.13 Å². The Balaban J connectivity index is 5.16. The quantitative estimate of drug-likeness (QED) is 0.0222. The Kier molecular flexibility index (Phi) is 59.0. The molecule has 17 nitrogen and oxygen atoms in total. The number of aliphatic hydroxyl groups excluding tert-OH is 1. The molecule has 3 N–H and O–H groups in total. The molecule has 0 saturated heterocycles. The molecule has 0 aliphatic rings. The molecule has 0 aliphatic carbocycles. The smallest absolute Gasteiger partial charge is 0.462 e. The van der Waals surface area contributed by atoms with Crippen molar-refractivity contribution in [3.8, 4) is 0 Å². The summed E-state index contributed by atoms with van der Waals surface area (Å²) in [5, 5.41) is 10.5. The van der Waals surface area contributed by atoms with Crippen LogP contribution in [0.4, 0.5) is 0 Å². The number of carbonyl (C=O) groups is 4. The van der Waals surface area contributed by atoms with Crippen LogP contribution >= 0.6 is 15.6 Å². The van der Waals surface area contributed by atoms with Crippen molar-refractivity contribution in [3.63, 3.8) is 0 Å². The zero-order chi connectivity index (χ0) is 64.3.